The zero-order chi connectivity index (χ0) is 13.4. The Bertz CT molecular complexity index is 500. The van der Waals surface area contributed by atoms with Crippen molar-refractivity contribution >= 4 is 17.3 Å². The van der Waals surface area contributed by atoms with Gasteiger partial charge in [0.15, 0.2) is 0 Å². The first-order valence-electron chi connectivity index (χ1n) is 7.09. The molecule has 0 radical (unpaired) electrons. The summed E-state index contributed by atoms with van der Waals surface area (Å²) < 4.78 is 0. The molecule has 2 unspecified atom stereocenters. The molecule has 0 bridgehead atoms. The minimum atomic E-state index is 0.118. The van der Waals surface area contributed by atoms with E-state index in [4.69, 9.17) is 5.73 Å². The molecule has 1 fully saturated rings. The van der Waals surface area contributed by atoms with Crippen LogP contribution in [0.5, 0.6) is 0 Å². The monoisotopic (exact) mass is 259 g/mol. The fraction of sp³-hybridized carbons (Fsp3) is 0.533. The summed E-state index contributed by atoms with van der Waals surface area (Å²) in [5, 5.41) is 3.12. The molecule has 1 aromatic carbocycles. The molecule has 3 rings (SSSR count). The van der Waals surface area contributed by atoms with E-state index in [9.17, 15) is 4.79 Å². The maximum Gasteiger partial charge on any atom is 0.231 e. The Morgan fingerprint density at radius 2 is 2.11 bits per heavy atom. The van der Waals surface area contributed by atoms with E-state index < -0.39 is 0 Å². The molecule has 19 heavy (non-hydrogen) atoms. The van der Waals surface area contributed by atoms with Gasteiger partial charge in [0, 0.05) is 24.5 Å². The maximum absolute atomic E-state index is 12.3. The summed E-state index contributed by atoms with van der Waals surface area (Å²) in [5.41, 5.74) is 9.47. The van der Waals surface area contributed by atoms with Gasteiger partial charge in [0.05, 0.1) is 12.5 Å². The van der Waals surface area contributed by atoms with Gasteiger partial charge in [-0.15, -0.1) is 0 Å². The summed E-state index contributed by atoms with van der Waals surface area (Å²) in [6, 6.07) is 6.45. The highest BCUT2D eigenvalue weighted by Gasteiger charge is 2.36. The van der Waals surface area contributed by atoms with E-state index >= 15 is 0 Å². The Labute approximate surface area is 114 Å². The van der Waals surface area contributed by atoms with Crippen molar-refractivity contribution in [1.29, 1.82) is 0 Å². The number of carbonyl (C=O) groups excluding carboxylic acids is 1. The molecular formula is C15H21N3O. The number of benzene rings is 1. The van der Waals surface area contributed by atoms with Crippen molar-refractivity contribution in [2.45, 2.75) is 44.2 Å². The summed E-state index contributed by atoms with van der Waals surface area (Å²) in [7, 11) is 1.90. The number of carbonyl (C=O) groups is 1. The van der Waals surface area contributed by atoms with Gasteiger partial charge in [-0.3, -0.25) is 4.79 Å². The molecule has 1 amide bonds. The molecular weight excluding hydrogens is 238 g/mol. The Morgan fingerprint density at radius 3 is 2.84 bits per heavy atom. The fourth-order valence-electron chi connectivity index (χ4n) is 3.32. The van der Waals surface area contributed by atoms with Gasteiger partial charge in [0.1, 0.15) is 0 Å². The molecule has 4 heteroatoms. The molecule has 2 atom stereocenters. The van der Waals surface area contributed by atoms with Crippen LogP contribution in [-0.2, 0) is 11.2 Å². The van der Waals surface area contributed by atoms with Crippen LogP contribution in [0, 0.1) is 0 Å². The molecule has 0 aromatic heterocycles. The minimum Gasteiger partial charge on any atom is -0.388 e. The first-order valence-corrected chi connectivity index (χ1v) is 7.09. The van der Waals surface area contributed by atoms with Crippen molar-refractivity contribution in [2.24, 2.45) is 5.73 Å². The van der Waals surface area contributed by atoms with Gasteiger partial charge >= 0.3 is 0 Å². The van der Waals surface area contributed by atoms with Crippen molar-refractivity contribution in [2.75, 3.05) is 17.3 Å². The molecule has 1 aliphatic carbocycles. The van der Waals surface area contributed by atoms with Crippen LogP contribution in [0.3, 0.4) is 0 Å². The van der Waals surface area contributed by atoms with Crippen molar-refractivity contribution in [1.82, 2.24) is 0 Å². The summed E-state index contributed by atoms with van der Waals surface area (Å²) >= 11 is 0. The lowest BCUT2D eigenvalue weighted by Gasteiger charge is -2.36. The fourth-order valence-corrected chi connectivity index (χ4v) is 3.32. The zero-order valence-corrected chi connectivity index (χ0v) is 11.4. The van der Waals surface area contributed by atoms with Crippen molar-refractivity contribution < 1.29 is 4.79 Å². The number of anilines is 2. The molecule has 1 aromatic rings. The Morgan fingerprint density at radius 1 is 1.32 bits per heavy atom. The van der Waals surface area contributed by atoms with E-state index in [1.54, 1.807) is 0 Å². The predicted octanol–water partition coefficient (Wildman–Crippen LogP) is 1.89. The molecule has 1 saturated carbocycles. The van der Waals surface area contributed by atoms with Crippen molar-refractivity contribution in [3.8, 4) is 0 Å². The number of fused-ring (bicyclic) bond motifs is 1. The third-order valence-corrected chi connectivity index (χ3v) is 4.35. The highest BCUT2D eigenvalue weighted by molar-refractivity contribution is 6.02. The first kappa shape index (κ1) is 12.5. The zero-order valence-electron chi connectivity index (χ0n) is 11.4. The first-order chi connectivity index (χ1) is 9.20. The number of nitrogens with two attached hydrogens (primary N) is 1. The molecule has 4 nitrogen and oxygen atoms in total. The Hall–Kier alpha value is -1.55. The van der Waals surface area contributed by atoms with Crippen LogP contribution in [0.1, 0.15) is 31.2 Å². The molecule has 1 heterocycles. The maximum atomic E-state index is 12.3. The van der Waals surface area contributed by atoms with Crippen LogP contribution in [0.2, 0.25) is 0 Å². The summed E-state index contributed by atoms with van der Waals surface area (Å²) in [4.78, 5) is 14.3. The standard InChI is InChI=1S/C15H21N3O/c1-17-11-6-7-13-10(8-11)9-15(19)18(13)14-5-3-2-4-12(14)16/h6-8,12,14,17H,2-5,9,16H2,1H3. The highest BCUT2D eigenvalue weighted by atomic mass is 16.2. The average molecular weight is 259 g/mol. The number of hydrogen-bond acceptors (Lipinski definition) is 3. The quantitative estimate of drug-likeness (QED) is 0.852. The summed E-state index contributed by atoms with van der Waals surface area (Å²) in [6.07, 6.45) is 4.92. The number of nitrogens with one attached hydrogen (secondary N) is 1. The lowest BCUT2D eigenvalue weighted by Crippen LogP contribution is -2.51. The molecule has 0 saturated heterocycles. The lowest BCUT2D eigenvalue weighted by molar-refractivity contribution is -0.118. The molecule has 102 valence electrons. The van der Waals surface area contributed by atoms with Gasteiger partial charge in [-0.1, -0.05) is 12.8 Å². The number of hydrogen-bond donors (Lipinski definition) is 2. The van der Waals surface area contributed by atoms with Gasteiger partial charge in [-0.25, -0.2) is 0 Å². The minimum absolute atomic E-state index is 0.118. The van der Waals surface area contributed by atoms with Gasteiger partial charge in [0.25, 0.3) is 0 Å². The van der Waals surface area contributed by atoms with Crippen molar-refractivity contribution in [3.05, 3.63) is 23.8 Å². The second kappa shape index (κ2) is 4.85. The second-order valence-corrected chi connectivity index (χ2v) is 5.55. The van der Waals surface area contributed by atoms with Crippen molar-refractivity contribution in [3.63, 3.8) is 0 Å². The van der Waals surface area contributed by atoms with Gasteiger partial charge < -0.3 is 16.0 Å². The summed E-state index contributed by atoms with van der Waals surface area (Å²) in [5.74, 6) is 0.200. The predicted molar refractivity (Wildman–Crippen MR) is 77.4 cm³/mol. The van der Waals surface area contributed by atoms with Crippen LogP contribution >= 0.6 is 0 Å². The van der Waals surface area contributed by atoms with Crippen LogP contribution in [-0.4, -0.2) is 25.0 Å². The van der Waals surface area contributed by atoms with E-state index in [2.05, 4.69) is 11.4 Å². The normalized spacial score (nSPS) is 26.4. The molecule has 3 N–H and O–H groups in total. The summed E-state index contributed by atoms with van der Waals surface area (Å²) in [6.45, 7) is 0. The Balaban J connectivity index is 1.93. The van der Waals surface area contributed by atoms with Gasteiger partial charge in [-0.2, -0.15) is 0 Å². The number of amides is 1. The number of nitrogens with zero attached hydrogens (tertiary/aromatic N) is 1. The highest BCUT2D eigenvalue weighted by Crippen LogP contribution is 2.36. The smallest absolute Gasteiger partial charge is 0.231 e. The van der Waals surface area contributed by atoms with E-state index in [0.29, 0.717) is 6.42 Å². The van der Waals surface area contributed by atoms with Crippen LogP contribution in [0.4, 0.5) is 11.4 Å². The molecule has 0 spiro atoms. The largest absolute Gasteiger partial charge is 0.388 e. The molecule has 1 aliphatic heterocycles. The topological polar surface area (TPSA) is 58.4 Å². The SMILES string of the molecule is CNc1ccc2c(c1)CC(=O)N2C1CCCCC1N. The second-order valence-electron chi connectivity index (χ2n) is 5.55. The van der Waals surface area contributed by atoms with Gasteiger partial charge in [0.2, 0.25) is 5.91 Å². The average Bonchev–Trinajstić information content (AvgIpc) is 2.74. The molecule has 2 aliphatic rings. The van der Waals surface area contributed by atoms with Crippen LogP contribution in [0.15, 0.2) is 18.2 Å². The van der Waals surface area contributed by atoms with E-state index in [1.807, 2.05) is 24.1 Å². The van der Waals surface area contributed by atoms with Gasteiger partial charge in [-0.05, 0) is 36.6 Å². The third-order valence-electron chi connectivity index (χ3n) is 4.35. The van der Waals surface area contributed by atoms with Crippen LogP contribution in [0.25, 0.3) is 0 Å². The van der Waals surface area contributed by atoms with E-state index in [-0.39, 0.29) is 18.0 Å². The number of rotatable bonds is 2. The Kier molecular flexibility index (Phi) is 3.19. The lowest BCUT2D eigenvalue weighted by atomic mass is 9.90. The van der Waals surface area contributed by atoms with E-state index in [1.165, 1.54) is 12.8 Å². The third kappa shape index (κ3) is 2.10. The van der Waals surface area contributed by atoms with E-state index in [0.717, 1.165) is 29.8 Å². The van der Waals surface area contributed by atoms with Crippen LogP contribution < -0.4 is 16.0 Å².